The molecule has 1 aliphatic rings. The van der Waals surface area contributed by atoms with E-state index in [4.69, 9.17) is 0 Å². The Balaban J connectivity index is 1.33. The maximum Gasteiger partial charge on any atom is 0.234 e. The monoisotopic (exact) mass is 341 g/mol. The van der Waals surface area contributed by atoms with E-state index in [-0.39, 0.29) is 5.91 Å². The maximum atomic E-state index is 11.9. The van der Waals surface area contributed by atoms with E-state index in [1.54, 1.807) is 0 Å². The van der Waals surface area contributed by atoms with E-state index < -0.39 is 0 Å². The molecule has 3 rings (SSSR count). The van der Waals surface area contributed by atoms with Crippen LogP contribution in [0, 0.1) is 6.92 Å². The number of benzene rings is 1. The molecule has 2 heterocycles. The van der Waals surface area contributed by atoms with Gasteiger partial charge in [-0.25, -0.2) is 0 Å². The van der Waals surface area contributed by atoms with Gasteiger partial charge in [-0.2, -0.15) is 5.10 Å². The number of nitrogens with one attached hydrogen (secondary N) is 2. The molecule has 1 fully saturated rings. The normalized spacial score (nSPS) is 14.0. The number of carbonyl (C=O) groups is 1. The zero-order valence-electron chi connectivity index (χ0n) is 14.9. The lowest BCUT2D eigenvalue weighted by molar-refractivity contribution is -0.120. The predicted molar refractivity (Wildman–Crippen MR) is 99.6 cm³/mol. The lowest BCUT2D eigenvalue weighted by Crippen LogP contribution is -2.34. The van der Waals surface area contributed by atoms with Crippen molar-refractivity contribution in [3.8, 4) is 0 Å². The molecule has 0 aliphatic carbocycles. The van der Waals surface area contributed by atoms with Crippen LogP contribution in [0.25, 0.3) is 0 Å². The van der Waals surface area contributed by atoms with E-state index in [2.05, 4.69) is 44.9 Å². The van der Waals surface area contributed by atoms with E-state index in [1.807, 2.05) is 24.0 Å². The Kier molecular flexibility index (Phi) is 6.06. The van der Waals surface area contributed by atoms with Crippen LogP contribution in [0.15, 0.2) is 36.7 Å². The summed E-state index contributed by atoms with van der Waals surface area (Å²) in [4.78, 5) is 14.3. The van der Waals surface area contributed by atoms with Gasteiger partial charge in [0.1, 0.15) is 0 Å². The van der Waals surface area contributed by atoms with E-state index >= 15 is 0 Å². The molecule has 6 nitrogen and oxygen atoms in total. The van der Waals surface area contributed by atoms with Crippen molar-refractivity contribution in [1.29, 1.82) is 0 Å². The molecule has 1 saturated heterocycles. The van der Waals surface area contributed by atoms with E-state index in [9.17, 15) is 4.79 Å². The maximum absolute atomic E-state index is 11.9. The SMILES string of the molecule is Cc1cnn(CCNCC(=O)NCc2ccc(N3CCCC3)cc2)c1. The average Bonchev–Trinajstić information content (AvgIpc) is 3.29. The molecule has 1 amide bonds. The molecule has 0 atom stereocenters. The van der Waals surface area contributed by atoms with Gasteiger partial charge >= 0.3 is 0 Å². The lowest BCUT2D eigenvalue weighted by atomic mass is 10.2. The highest BCUT2D eigenvalue weighted by Crippen LogP contribution is 2.20. The first-order valence-corrected chi connectivity index (χ1v) is 9.01. The topological polar surface area (TPSA) is 62.2 Å². The second-order valence-corrected chi connectivity index (χ2v) is 6.59. The zero-order valence-corrected chi connectivity index (χ0v) is 14.9. The van der Waals surface area contributed by atoms with Gasteiger partial charge in [-0.05, 0) is 43.0 Å². The molecule has 1 aromatic heterocycles. The van der Waals surface area contributed by atoms with Gasteiger partial charge in [0.15, 0.2) is 0 Å². The first-order valence-electron chi connectivity index (χ1n) is 9.01. The second kappa shape index (κ2) is 8.67. The Morgan fingerprint density at radius 2 is 1.96 bits per heavy atom. The van der Waals surface area contributed by atoms with Crippen molar-refractivity contribution in [3.63, 3.8) is 0 Å². The molecule has 25 heavy (non-hydrogen) atoms. The number of nitrogens with zero attached hydrogens (tertiary/aromatic N) is 3. The van der Waals surface area contributed by atoms with Crippen LogP contribution >= 0.6 is 0 Å². The van der Waals surface area contributed by atoms with Crippen molar-refractivity contribution in [2.45, 2.75) is 32.9 Å². The van der Waals surface area contributed by atoms with Gasteiger partial charge in [0.2, 0.25) is 5.91 Å². The summed E-state index contributed by atoms with van der Waals surface area (Å²) >= 11 is 0. The molecule has 0 spiro atoms. The number of amides is 1. The first kappa shape index (κ1) is 17.5. The summed E-state index contributed by atoms with van der Waals surface area (Å²) in [6, 6.07) is 8.50. The van der Waals surface area contributed by atoms with Crippen LogP contribution in [-0.2, 0) is 17.9 Å². The van der Waals surface area contributed by atoms with Crippen LogP contribution in [0.2, 0.25) is 0 Å². The van der Waals surface area contributed by atoms with Gasteiger partial charge in [-0.1, -0.05) is 12.1 Å². The summed E-state index contributed by atoms with van der Waals surface area (Å²) in [5.74, 6) is 0.0141. The Labute approximate surface area is 149 Å². The van der Waals surface area contributed by atoms with Crippen LogP contribution in [0.5, 0.6) is 0 Å². The molecule has 1 aromatic carbocycles. The van der Waals surface area contributed by atoms with Crippen LogP contribution in [0.3, 0.4) is 0 Å². The summed E-state index contributed by atoms with van der Waals surface area (Å²) in [6.45, 7) is 6.70. The fourth-order valence-electron chi connectivity index (χ4n) is 3.05. The van der Waals surface area contributed by atoms with Crippen LogP contribution in [0.1, 0.15) is 24.0 Å². The van der Waals surface area contributed by atoms with E-state index in [1.165, 1.54) is 18.5 Å². The van der Waals surface area contributed by atoms with Crippen molar-refractivity contribution < 1.29 is 4.79 Å². The van der Waals surface area contributed by atoms with Crippen molar-refractivity contribution in [3.05, 3.63) is 47.8 Å². The highest BCUT2D eigenvalue weighted by molar-refractivity contribution is 5.77. The van der Waals surface area contributed by atoms with Gasteiger partial charge in [0.25, 0.3) is 0 Å². The van der Waals surface area contributed by atoms with Crippen molar-refractivity contribution in [2.75, 3.05) is 31.1 Å². The van der Waals surface area contributed by atoms with Crippen LogP contribution in [0.4, 0.5) is 5.69 Å². The van der Waals surface area contributed by atoms with Gasteiger partial charge in [0.05, 0.1) is 19.3 Å². The minimum absolute atomic E-state index is 0.0141. The molecule has 0 bridgehead atoms. The zero-order chi connectivity index (χ0) is 17.5. The number of rotatable bonds is 8. The smallest absolute Gasteiger partial charge is 0.234 e. The molecule has 134 valence electrons. The van der Waals surface area contributed by atoms with Gasteiger partial charge in [-0.3, -0.25) is 9.48 Å². The number of hydrogen-bond acceptors (Lipinski definition) is 4. The molecule has 0 saturated carbocycles. The predicted octanol–water partition coefficient (Wildman–Crippen LogP) is 1.70. The Hall–Kier alpha value is -2.34. The third-order valence-electron chi connectivity index (χ3n) is 4.46. The number of aromatic nitrogens is 2. The highest BCUT2D eigenvalue weighted by Gasteiger charge is 2.11. The molecule has 0 radical (unpaired) electrons. The molecular formula is C19H27N5O. The van der Waals surface area contributed by atoms with Gasteiger partial charge < -0.3 is 15.5 Å². The molecule has 6 heteroatoms. The number of aryl methyl sites for hydroxylation is 1. The van der Waals surface area contributed by atoms with Gasteiger partial charge in [0, 0.05) is 38.1 Å². The fourth-order valence-corrected chi connectivity index (χ4v) is 3.05. The second-order valence-electron chi connectivity index (χ2n) is 6.59. The first-order chi connectivity index (χ1) is 12.2. The standard InChI is InChI=1S/C19H27N5O/c1-16-12-22-24(15-16)11-8-20-14-19(25)21-13-17-4-6-18(7-5-17)23-9-2-3-10-23/h4-7,12,15,20H,2-3,8-11,13-14H2,1H3,(H,21,25). The Bertz CT molecular complexity index is 673. The summed E-state index contributed by atoms with van der Waals surface area (Å²) in [7, 11) is 0. The number of carbonyl (C=O) groups excluding carboxylic acids is 1. The quantitative estimate of drug-likeness (QED) is 0.718. The van der Waals surface area contributed by atoms with Gasteiger partial charge in [-0.15, -0.1) is 0 Å². The number of anilines is 1. The third kappa shape index (κ3) is 5.32. The summed E-state index contributed by atoms with van der Waals surface area (Å²) < 4.78 is 1.88. The average molecular weight is 341 g/mol. The highest BCUT2D eigenvalue weighted by atomic mass is 16.1. The van der Waals surface area contributed by atoms with Crippen molar-refractivity contribution in [1.82, 2.24) is 20.4 Å². The molecule has 1 aliphatic heterocycles. The van der Waals surface area contributed by atoms with Crippen LogP contribution < -0.4 is 15.5 Å². The fraction of sp³-hybridized carbons (Fsp3) is 0.474. The molecule has 2 aromatic rings. The minimum atomic E-state index is 0.0141. The summed E-state index contributed by atoms with van der Waals surface area (Å²) in [5.41, 5.74) is 3.56. The Morgan fingerprint density at radius 1 is 1.20 bits per heavy atom. The largest absolute Gasteiger partial charge is 0.372 e. The molecule has 0 unspecified atom stereocenters. The number of hydrogen-bond donors (Lipinski definition) is 2. The third-order valence-corrected chi connectivity index (χ3v) is 4.46. The van der Waals surface area contributed by atoms with E-state index in [0.717, 1.165) is 37.3 Å². The van der Waals surface area contributed by atoms with Crippen molar-refractivity contribution >= 4 is 11.6 Å². The Morgan fingerprint density at radius 3 is 2.64 bits per heavy atom. The van der Waals surface area contributed by atoms with E-state index in [0.29, 0.717) is 13.1 Å². The summed E-state index contributed by atoms with van der Waals surface area (Å²) in [5, 5.41) is 10.3. The minimum Gasteiger partial charge on any atom is -0.372 e. The van der Waals surface area contributed by atoms with Crippen molar-refractivity contribution in [2.24, 2.45) is 0 Å². The van der Waals surface area contributed by atoms with Crippen LogP contribution in [-0.4, -0.2) is 41.9 Å². The lowest BCUT2D eigenvalue weighted by Gasteiger charge is -2.17. The summed E-state index contributed by atoms with van der Waals surface area (Å²) in [6.07, 6.45) is 6.39. The molecular weight excluding hydrogens is 314 g/mol. The molecule has 2 N–H and O–H groups in total.